The van der Waals surface area contributed by atoms with Gasteiger partial charge in [0.2, 0.25) is 5.91 Å². The van der Waals surface area contributed by atoms with Crippen molar-refractivity contribution in [2.75, 3.05) is 26.2 Å². The average Bonchev–Trinajstić information content (AvgIpc) is 2.59. The number of likely N-dealkylation sites (tertiary alicyclic amines) is 1. The Labute approximate surface area is 118 Å². The largest absolute Gasteiger partial charge is 0.368 e. The lowest BCUT2D eigenvalue weighted by molar-refractivity contribution is -0.120. The van der Waals surface area contributed by atoms with E-state index in [1.807, 2.05) is 0 Å². The second-order valence-corrected chi connectivity index (χ2v) is 6.14. The molecule has 0 spiro atoms. The highest BCUT2D eigenvalue weighted by Gasteiger charge is 2.23. The number of amides is 1. The maximum Gasteiger partial charge on any atom is 0.235 e. The first-order valence-electron chi connectivity index (χ1n) is 7.79. The number of carbonyl (C=O) groups excluding carboxylic acids is 1. The number of hydrogen-bond donors (Lipinski definition) is 2. The van der Waals surface area contributed by atoms with E-state index in [1.165, 1.54) is 19.3 Å². The van der Waals surface area contributed by atoms with Crippen LogP contribution in [0.1, 0.15) is 46.5 Å². The van der Waals surface area contributed by atoms with Crippen molar-refractivity contribution in [3.63, 3.8) is 0 Å². The summed E-state index contributed by atoms with van der Waals surface area (Å²) in [6.45, 7) is 10.5. The van der Waals surface area contributed by atoms with Crippen molar-refractivity contribution in [2.24, 2.45) is 17.6 Å². The van der Waals surface area contributed by atoms with Gasteiger partial charge in [-0.1, -0.05) is 20.8 Å². The smallest absolute Gasteiger partial charge is 0.235 e. The van der Waals surface area contributed by atoms with Crippen LogP contribution in [0, 0.1) is 11.8 Å². The molecule has 112 valence electrons. The third kappa shape index (κ3) is 5.91. The molecule has 2 unspecified atom stereocenters. The number of hydrogen-bond acceptors (Lipinski definition) is 3. The summed E-state index contributed by atoms with van der Waals surface area (Å²) < 4.78 is 0. The van der Waals surface area contributed by atoms with Gasteiger partial charge in [-0.05, 0) is 57.2 Å². The molecule has 4 nitrogen and oxygen atoms in total. The normalized spacial score (nSPS) is 23.3. The number of nitrogens with one attached hydrogen (secondary N) is 1. The SMILES string of the molecule is CCCNC(CN1CCCC(C(C)C)CC1)C(N)=O. The molecule has 3 N–H and O–H groups in total. The van der Waals surface area contributed by atoms with E-state index < -0.39 is 0 Å². The van der Waals surface area contributed by atoms with Crippen molar-refractivity contribution in [1.29, 1.82) is 0 Å². The molecule has 1 rings (SSSR count). The van der Waals surface area contributed by atoms with E-state index >= 15 is 0 Å². The maximum absolute atomic E-state index is 11.5. The lowest BCUT2D eigenvalue weighted by Crippen LogP contribution is -2.49. The Morgan fingerprint density at radius 2 is 2.11 bits per heavy atom. The van der Waals surface area contributed by atoms with Gasteiger partial charge in [0, 0.05) is 6.54 Å². The van der Waals surface area contributed by atoms with Gasteiger partial charge < -0.3 is 16.0 Å². The molecule has 1 heterocycles. The molecule has 1 aliphatic rings. The quantitative estimate of drug-likeness (QED) is 0.738. The van der Waals surface area contributed by atoms with Crippen LogP contribution in [0.3, 0.4) is 0 Å². The molecular formula is C15H31N3O. The topological polar surface area (TPSA) is 58.4 Å². The lowest BCUT2D eigenvalue weighted by atomic mass is 9.89. The van der Waals surface area contributed by atoms with Gasteiger partial charge in [0.25, 0.3) is 0 Å². The molecule has 1 aliphatic heterocycles. The fraction of sp³-hybridized carbons (Fsp3) is 0.933. The highest BCUT2D eigenvalue weighted by Crippen LogP contribution is 2.24. The van der Waals surface area contributed by atoms with Crippen LogP contribution >= 0.6 is 0 Å². The monoisotopic (exact) mass is 269 g/mol. The maximum atomic E-state index is 11.5. The predicted octanol–water partition coefficient (Wildman–Crippen LogP) is 1.60. The van der Waals surface area contributed by atoms with Gasteiger partial charge in [-0.3, -0.25) is 4.79 Å². The minimum Gasteiger partial charge on any atom is -0.368 e. The zero-order valence-electron chi connectivity index (χ0n) is 12.8. The molecule has 0 aromatic carbocycles. The summed E-state index contributed by atoms with van der Waals surface area (Å²) in [5, 5.41) is 3.25. The number of carbonyl (C=O) groups is 1. The Bertz CT molecular complexity index is 268. The molecule has 4 heteroatoms. The van der Waals surface area contributed by atoms with Crippen molar-refractivity contribution in [2.45, 2.75) is 52.5 Å². The van der Waals surface area contributed by atoms with Crippen molar-refractivity contribution >= 4 is 5.91 Å². The second-order valence-electron chi connectivity index (χ2n) is 6.14. The highest BCUT2D eigenvalue weighted by molar-refractivity contribution is 5.80. The lowest BCUT2D eigenvalue weighted by Gasteiger charge is -2.25. The van der Waals surface area contributed by atoms with Crippen LogP contribution in [0.15, 0.2) is 0 Å². The summed E-state index contributed by atoms with van der Waals surface area (Å²) in [5.41, 5.74) is 5.48. The first-order chi connectivity index (χ1) is 9.04. The number of nitrogens with two attached hydrogens (primary N) is 1. The summed E-state index contributed by atoms with van der Waals surface area (Å²) in [6.07, 6.45) is 4.83. The van der Waals surface area contributed by atoms with E-state index in [1.54, 1.807) is 0 Å². The Morgan fingerprint density at radius 3 is 2.68 bits per heavy atom. The first-order valence-corrected chi connectivity index (χ1v) is 7.79. The molecule has 0 aromatic rings. The van der Waals surface area contributed by atoms with Crippen LogP contribution in [0.25, 0.3) is 0 Å². The van der Waals surface area contributed by atoms with Crippen molar-refractivity contribution in [1.82, 2.24) is 10.2 Å². The molecule has 1 saturated heterocycles. The van der Waals surface area contributed by atoms with E-state index in [4.69, 9.17) is 5.73 Å². The zero-order chi connectivity index (χ0) is 14.3. The van der Waals surface area contributed by atoms with Gasteiger partial charge in [-0.15, -0.1) is 0 Å². The number of nitrogens with zero attached hydrogens (tertiary/aromatic N) is 1. The second kappa shape index (κ2) is 8.54. The third-order valence-corrected chi connectivity index (χ3v) is 4.23. The van der Waals surface area contributed by atoms with Crippen LogP contribution in [0.5, 0.6) is 0 Å². The standard InChI is InChI=1S/C15H31N3O/c1-4-8-17-14(15(16)19)11-18-9-5-6-13(7-10-18)12(2)3/h12-14,17H,4-11H2,1-3H3,(H2,16,19). The van der Waals surface area contributed by atoms with E-state index in [9.17, 15) is 4.79 Å². The summed E-state index contributed by atoms with van der Waals surface area (Å²) >= 11 is 0. The van der Waals surface area contributed by atoms with Crippen molar-refractivity contribution < 1.29 is 4.79 Å². The Balaban J connectivity index is 2.44. The van der Waals surface area contributed by atoms with Gasteiger partial charge in [-0.25, -0.2) is 0 Å². The third-order valence-electron chi connectivity index (χ3n) is 4.23. The van der Waals surface area contributed by atoms with E-state index in [2.05, 4.69) is 31.0 Å². The zero-order valence-corrected chi connectivity index (χ0v) is 12.8. The van der Waals surface area contributed by atoms with Crippen LogP contribution in [-0.4, -0.2) is 43.0 Å². The van der Waals surface area contributed by atoms with Crippen LogP contribution < -0.4 is 11.1 Å². The Hall–Kier alpha value is -0.610. The minimum atomic E-state index is -0.224. The molecule has 19 heavy (non-hydrogen) atoms. The summed E-state index contributed by atoms with van der Waals surface area (Å²) in [6, 6.07) is -0.199. The van der Waals surface area contributed by atoms with Crippen LogP contribution in [0.2, 0.25) is 0 Å². The molecule has 1 amide bonds. The van der Waals surface area contributed by atoms with E-state index in [-0.39, 0.29) is 11.9 Å². The number of rotatable bonds is 7. The van der Waals surface area contributed by atoms with Crippen LogP contribution in [0.4, 0.5) is 0 Å². The Morgan fingerprint density at radius 1 is 1.37 bits per heavy atom. The summed E-state index contributed by atoms with van der Waals surface area (Å²) in [5.74, 6) is 1.38. The fourth-order valence-corrected chi connectivity index (χ4v) is 2.86. The average molecular weight is 269 g/mol. The predicted molar refractivity (Wildman–Crippen MR) is 79.9 cm³/mol. The van der Waals surface area contributed by atoms with Gasteiger partial charge in [0.05, 0.1) is 6.04 Å². The molecule has 0 bridgehead atoms. The molecule has 0 aliphatic carbocycles. The molecule has 1 fully saturated rings. The van der Waals surface area contributed by atoms with Gasteiger partial charge >= 0.3 is 0 Å². The Kier molecular flexibility index (Phi) is 7.39. The first kappa shape index (κ1) is 16.4. The van der Waals surface area contributed by atoms with E-state index in [0.29, 0.717) is 0 Å². The van der Waals surface area contributed by atoms with Crippen molar-refractivity contribution in [3.8, 4) is 0 Å². The highest BCUT2D eigenvalue weighted by atomic mass is 16.1. The number of primary amides is 1. The molecular weight excluding hydrogens is 238 g/mol. The summed E-state index contributed by atoms with van der Waals surface area (Å²) in [4.78, 5) is 13.9. The fourth-order valence-electron chi connectivity index (χ4n) is 2.86. The van der Waals surface area contributed by atoms with Gasteiger partial charge in [0.15, 0.2) is 0 Å². The molecule has 2 atom stereocenters. The van der Waals surface area contributed by atoms with Gasteiger partial charge in [-0.2, -0.15) is 0 Å². The molecule has 0 saturated carbocycles. The minimum absolute atomic E-state index is 0.199. The van der Waals surface area contributed by atoms with E-state index in [0.717, 1.165) is 44.4 Å². The van der Waals surface area contributed by atoms with Crippen LogP contribution in [-0.2, 0) is 4.79 Å². The van der Waals surface area contributed by atoms with Crippen molar-refractivity contribution in [3.05, 3.63) is 0 Å². The molecule has 0 aromatic heterocycles. The molecule has 0 radical (unpaired) electrons. The summed E-state index contributed by atoms with van der Waals surface area (Å²) in [7, 11) is 0. The van der Waals surface area contributed by atoms with Gasteiger partial charge in [0.1, 0.15) is 0 Å².